The molecule has 1 fully saturated rings. The van der Waals surface area contributed by atoms with E-state index in [1.807, 2.05) is 42.2 Å². The third kappa shape index (κ3) is 7.65. The van der Waals surface area contributed by atoms with Crippen molar-refractivity contribution in [3.8, 4) is 0 Å². The number of hydrogen-bond donors (Lipinski definition) is 2. The highest BCUT2D eigenvalue weighted by Crippen LogP contribution is 2.19. The largest absolute Gasteiger partial charge is 0.370 e. The number of halogens is 1. The Labute approximate surface area is 184 Å². The van der Waals surface area contributed by atoms with E-state index in [1.165, 1.54) is 0 Å². The van der Waals surface area contributed by atoms with Crippen LogP contribution in [0.5, 0.6) is 0 Å². The zero-order chi connectivity index (χ0) is 19.6. The fourth-order valence-electron chi connectivity index (χ4n) is 3.49. The molecule has 8 heteroatoms. The van der Waals surface area contributed by atoms with Crippen molar-refractivity contribution in [2.24, 2.45) is 16.6 Å². The van der Waals surface area contributed by atoms with E-state index >= 15 is 0 Å². The molecule has 2 rings (SSSR count). The summed E-state index contributed by atoms with van der Waals surface area (Å²) in [5.41, 5.74) is 6.45. The molecule has 1 aliphatic rings. The van der Waals surface area contributed by atoms with E-state index in [0.29, 0.717) is 25.5 Å². The molecular formula is C20H32IN5O2. The van der Waals surface area contributed by atoms with Crippen molar-refractivity contribution in [2.75, 3.05) is 33.2 Å². The standard InChI is InChI=1S/C20H31N5O2.HI/c1-3-24(14-16-8-5-4-6-9-16)19(27)13-23-20(22-2)25-11-7-10-17(15-25)12-18(21)26;/h4-6,8-9,17H,3,7,10-15H2,1-2H3,(H2,21,26)(H,22,23);1H. The molecule has 1 aromatic rings. The van der Waals surface area contributed by atoms with Gasteiger partial charge >= 0.3 is 0 Å². The Bertz CT molecular complexity index is 653. The average molecular weight is 501 g/mol. The van der Waals surface area contributed by atoms with Crippen LogP contribution in [0.15, 0.2) is 35.3 Å². The number of likely N-dealkylation sites (N-methyl/N-ethyl adjacent to an activating group) is 1. The Morgan fingerprint density at radius 1 is 1.32 bits per heavy atom. The Balaban J connectivity index is 0.00000392. The van der Waals surface area contributed by atoms with Crippen LogP contribution in [0.3, 0.4) is 0 Å². The number of likely N-dealkylation sites (tertiary alicyclic amines) is 1. The molecule has 7 nitrogen and oxygen atoms in total. The molecule has 0 aliphatic carbocycles. The van der Waals surface area contributed by atoms with E-state index in [1.54, 1.807) is 7.05 Å². The number of nitrogens with two attached hydrogens (primary N) is 1. The van der Waals surface area contributed by atoms with Gasteiger partial charge in [0.25, 0.3) is 0 Å². The summed E-state index contributed by atoms with van der Waals surface area (Å²) >= 11 is 0. The van der Waals surface area contributed by atoms with E-state index in [9.17, 15) is 9.59 Å². The van der Waals surface area contributed by atoms with Crippen LogP contribution in [0.4, 0.5) is 0 Å². The minimum Gasteiger partial charge on any atom is -0.370 e. The molecule has 0 aromatic heterocycles. The summed E-state index contributed by atoms with van der Waals surface area (Å²) in [7, 11) is 1.71. The third-order valence-corrected chi connectivity index (χ3v) is 4.87. The number of rotatable bonds is 7. The number of hydrogen-bond acceptors (Lipinski definition) is 3. The Kier molecular flexibility index (Phi) is 10.9. The number of piperidine rings is 1. The average Bonchev–Trinajstić information content (AvgIpc) is 2.67. The van der Waals surface area contributed by atoms with Gasteiger partial charge in [-0.2, -0.15) is 0 Å². The van der Waals surface area contributed by atoms with Gasteiger partial charge in [0.1, 0.15) is 0 Å². The lowest BCUT2D eigenvalue weighted by Crippen LogP contribution is -2.49. The van der Waals surface area contributed by atoms with Gasteiger partial charge in [0.15, 0.2) is 5.96 Å². The predicted octanol–water partition coefficient (Wildman–Crippen LogP) is 1.82. The van der Waals surface area contributed by atoms with E-state index in [2.05, 4.69) is 15.2 Å². The number of nitrogens with one attached hydrogen (secondary N) is 1. The molecule has 1 saturated heterocycles. The number of carbonyl (C=O) groups is 2. The Morgan fingerprint density at radius 3 is 2.64 bits per heavy atom. The molecular weight excluding hydrogens is 469 g/mol. The topological polar surface area (TPSA) is 91.0 Å². The number of primary amides is 1. The van der Waals surface area contributed by atoms with Crippen molar-refractivity contribution >= 4 is 41.8 Å². The van der Waals surface area contributed by atoms with Crippen molar-refractivity contribution in [1.82, 2.24) is 15.1 Å². The second kappa shape index (κ2) is 12.6. The van der Waals surface area contributed by atoms with Crippen molar-refractivity contribution in [2.45, 2.75) is 32.7 Å². The second-order valence-corrected chi connectivity index (χ2v) is 6.92. The van der Waals surface area contributed by atoms with Gasteiger partial charge in [0.05, 0.1) is 6.54 Å². The number of guanidine groups is 1. The molecule has 2 amide bonds. The first-order valence-electron chi connectivity index (χ1n) is 9.59. The molecule has 1 aliphatic heterocycles. The summed E-state index contributed by atoms with van der Waals surface area (Å²) < 4.78 is 0. The van der Waals surface area contributed by atoms with Crippen LogP contribution in [0.25, 0.3) is 0 Å². The van der Waals surface area contributed by atoms with Gasteiger partial charge in [0.2, 0.25) is 11.8 Å². The van der Waals surface area contributed by atoms with E-state index in [4.69, 9.17) is 5.73 Å². The molecule has 28 heavy (non-hydrogen) atoms. The fourth-order valence-corrected chi connectivity index (χ4v) is 3.49. The normalized spacial score (nSPS) is 16.9. The highest BCUT2D eigenvalue weighted by Gasteiger charge is 2.24. The van der Waals surface area contributed by atoms with E-state index < -0.39 is 0 Å². The summed E-state index contributed by atoms with van der Waals surface area (Å²) in [6.07, 6.45) is 2.38. The first-order chi connectivity index (χ1) is 13.0. The fraction of sp³-hybridized carbons (Fsp3) is 0.550. The van der Waals surface area contributed by atoms with Crippen LogP contribution in [0.2, 0.25) is 0 Å². The summed E-state index contributed by atoms with van der Waals surface area (Å²) in [4.78, 5) is 32.1. The zero-order valence-electron chi connectivity index (χ0n) is 16.8. The minimum atomic E-state index is -0.264. The van der Waals surface area contributed by atoms with Gasteiger partial charge in [-0.25, -0.2) is 0 Å². The molecule has 156 valence electrons. The molecule has 1 heterocycles. The highest BCUT2D eigenvalue weighted by atomic mass is 127. The number of nitrogens with zero attached hydrogens (tertiary/aromatic N) is 3. The van der Waals surface area contributed by atoms with Crippen molar-refractivity contribution in [3.63, 3.8) is 0 Å². The highest BCUT2D eigenvalue weighted by molar-refractivity contribution is 14.0. The zero-order valence-corrected chi connectivity index (χ0v) is 19.1. The van der Waals surface area contributed by atoms with Gasteiger partial charge in [0, 0.05) is 39.6 Å². The first-order valence-corrected chi connectivity index (χ1v) is 9.59. The van der Waals surface area contributed by atoms with Crippen LogP contribution in [0, 0.1) is 5.92 Å². The summed E-state index contributed by atoms with van der Waals surface area (Å²) in [6.45, 7) is 5.03. The SMILES string of the molecule is CCN(Cc1ccccc1)C(=O)CNC(=NC)N1CCCC(CC(N)=O)C1.I. The van der Waals surface area contributed by atoms with Gasteiger partial charge in [-0.3, -0.25) is 14.6 Å². The molecule has 0 saturated carbocycles. The molecule has 0 bridgehead atoms. The first kappa shape index (κ1) is 24.2. The number of amides is 2. The van der Waals surface area contributed by atoms with Crippen molar-refractivity contribution in [3.05, 3.63) is 35.9 Å². The monoisotopic (exact) mass is 501 g/mol. The smallest absolute Gasteiger partial charge is 0.242 e. The predicted molar refractivity (Wildman–Crippen MR) is 122 cm³/mol. The van der Waals surface area contributed by atoms with E-state index in [0.717, 1.165) is 31.5 Å². The summed E-state index contributed by atoms with van der Waals surface area (Å²) in [5, 5.41) is 3.18. The molecule has 3 N–H and O–H groups in total. The Hall–Kier alpha value is -1.84. The maximum atomic E-state index is 12.6. The lowest BCUT2D eigenvalue weighted by molar-refractivity contribution is -0.130. The van der Waals surface area contributed by atoms with Crippen LogP contribution in [0.1, 0.15) is 31.7 Å². The number of benzene rings is 1. The van der Waals surface area contributed by atoms with Gasteiger partial charge < -0.3 is 20.9 Å². The van der Waals surface area contributed by atoms with Crippen molar-refractivity contribution in [1.29, 1.82) is 0 Å². The van der Waals surface area contributed by atoms with Gasteiger partial charge in [-0.15, -0.1) is 24.0 Å². The van der Waals surface area contributed by atoms with Crippen LogP contribution in [-0.4, -0.2) is 60.8 Å². The van der Waals surface area contributed by atoms with Crippen molar-refractivity contribution < 1.29 is 9.59 Å². The van der Waals surface area contributed by atoms with Gasteiger partial charge in [-0.05, 0) is 31.2 Å². The minimum absolute atomic E-state index is 0. The maximum Gasteiger partial charge on any atom is 0.242 e. The van der Waals surface area contributed by atoms with Gasteiger partial charge in [-0.1, -0.05) is 30.3 Å². The number of aliphatic imine (C=N–C) groups is 1. The quantitative estimate of drug-likeness (QED) is 0.339. The number of carbonyl (C=O) groups excluding carboxylic acids is 2. The third-order valence-electron chi connectivity index (χ3n) is 4.87. The van der Waals surface area contributed by atoms with Crippen LogP contribution >= 0.6 is 24.0 Å². The molecule has 1 aromatic carbocycles. The lowest BCUT2D eigenvalue weighted by Gasteiger charge is -2.34. The maximum absolute atomic E-state index is 12.6. The lowest BCUT2D eigenvalue weighted by atomic mass is 9.95. The van der Waals surface area contributed by atoms with E-state index in [-0.39, 0.29) is 48.3 Å². The summed E-state index contributed by atoms with van der Waals surface area (Å²) in [6, 6.07) is 9.97. The van der Waals surface area contributed by atoms with Crippen LogP contribution in [-0.2, 0) is 16.1 Å². The summed E-state index contributed by atoms with van der Waals surface area (Å²) in [5.74, 6) is 0.719. The van der Waals surface area contributed by atoms with Crippen LogP contribution < -0.4 is 11.1 Å². The second-order valence-electron chi connectivity index (χ2n) is 6.92. The molecule has 0 radical (unpaired) electrons. The molecule has 1 atom stereocenters. The Morgan fingerprint density at radius 2 is 2.04 bits per heavy atom. The molecule has 0 spiro atoms. The molecule has 1 unspecified atom stereocenters.